The van der Waals surface area contributed by atoms with Gasteiger partial charge in [-0.1, -0.05) is 32.0 Å². The van der Waals surface area contributed by atoms with Gasteiger partial charge >= 0.3 is 0 Å². The Morgan fingerprint density at radius 2 is 1.88 bits per heavy atom. The highest BCUT2D eigenvalue weighted by molar-refractivity contribution is 5.79. The lowest BCUT2D eigenvalue weighted by molar-refractivity contribution is 0.585. The molecular weight excluding hydrogens is 308 g/mol. The summed E-state index contributed by atoms with van der Waals surface area (Å²) < 4.78 is 26.4. The van der Waals surface area contributed by atoms with Crippen molar-refractivity contribution in [1.82, 2.24) is 0 Å². The average Bonchev–Trinajstić information content (AvgIpc) is 2.74. The number of halogens is 2. The van der Waals surface area contributed by atoms with Gasteiger partial charge in [0.05, 0.1) is 5.69 Å². The number of anilines is 2. The van der Waals surface area contributed by atoms with Crippen LogP contribution in [0.25, 0.3) is 0 Å². The molecule has 3 nitrogen and oxygen atoms in total. The Bertz CT molecular complexity index is 825. The zero-order chi connectivity index (χ0) is 17.3. The third-order valence-electron chi connectivity index (χ3n) is 4.36. The molecule has 2 aromatic rings. The smallest absolute Gasteiger partial charge is 0.151 e. The number of nitrogens with one attached hydrogen (secondary N) is 1. The van der Waals surface area contributed by atoms with Crippen LogP contribution in [-0.4, -0.2) is 13.3 Å². The summed E-state index contributed by atoms with van der Waals surface area (Å²) in [6, 6.07) is 11.6. The fourth-order valence-electron chi connectivity index (χ4n) is 3.10. The van der Waals surface area contributed by atoms with Gasteiger partial charge in [0.1, 0.15) is 5.82 Å². The van der Waals surface area contributed by atoms with E-state index < -0.39 is 11.6 Å². The highest BCUT2D eigenvalue weighted by Gasteiger charge is 2.37. The number of rotatable bonds is 3. The van der Waals surface area contributed by atoms with Gasteiger partial charge in [-0.3, -0.25) is 5.43 Å². The van der Waals surface area contributed by atoms with Gasteiger partial charge in [0.25, 0.3) is 0 Å². The molecule has 1 N–H and O–H groups in total. The van der Waals surface area contributed by atoms with E-state index in [1.165, 1.54) is 23.4 Å². The normalized spacial score (nSPS) is 17.5. The highest BCUT2D eigenvalue weighted by atomic mass is 19.1. The van der Waals surface area contributed by atoms with Crippen molar-refractivity contribution in [2.24, 2.45) is 5.10 Å². The van der Waals surface area contributed by atoms with E-state index in [1.807, 2.05) is 25.3 Å². The first-order valence-electron chi connectivity index (χ1n) is 7.69. The van der Waals surface area contributed by atoms with E-state index in [0.717, 1.165) is 11.8 Å². The van der Waals surface area contributed by atoms with Crippen LogP contribution in [0, 0.1) is 11.6 Å². The Morgan fingerprint density at radius 3 is 2.58 bits per heavy atom. The van der Waals surface area contributed by atoms with E-state index in [0.29, 0.717) is 0 Å². The molecule has 0 saturated heterocycles. The van der Waals surface area contributed by atoms with Gasteiger partial charge in [-0.15, -0.1) is 0 Å². The van der Waals surface area contributed by atoms with E-state index >= 15 is 0 Å². The van der Waals surface area contributed by atoms with Crippen molar-refractivity contribution in [3.8, 4) is 0 Å². The minimum atomic E-state index is -0.675. The number of likely N-dealkylation sites (N-methyl/N-ethyl adjacent to an activating group) is 1. The minimum absolute atomic E-state index is 0.133. The Balaban J connectivity index is 1.80. The van der Waals surface area contributed by atoms with Gasteiger partial charge in [0, 0.05) is 36.1 Å². The van der Waals surface area contributed by atoms with Gasteiger partial charge in [-0.05, 0) is 29.8 Å². The molecule has 0 unspecified atom stereocenters. The summed E-state index contributed by atoms with van der Waals surface area (Å²) in [7, 11) is 2.01. The quantitative estimate of drug-likeness (QED) is 0.655. The fourth-order valence-corrected chi connectivity index (χ4v) is 3.10. The summed E-state index contributed by atoms with van der Waals surface area (Å²) in [5.41, 5.74) is 6.10. The van der Waals surface area contributed by atoms with Crippen molar-refractivity contribution in [1.29, 1.82) is 0 Å². The van der Waals surface area contributed by atoms with Gasteiger partial charge in [0.15, 0.2) is 5.82 Å². The van der Waals surface area contributed by atoms with Gasteiger partial charge < -0.3 is 4.90 Å². The van der Waals surface area contributed by atoms with Crippen LogP contribution in [0.1, 0.15) is 19.4 Å². The maximum absolute atomic E-state index is 13.5. The third kappa shape index (κ3) is 2.77. The van der Waals surface area contributed by atoms with E-state index in [-0.39, 0.29) is 11.1 Å². The summed E-state index contributed by atoms with van der Waals surface area (Å²) in [5, 5.41) is 4.02. The molecule has 0 spiro atoms. The maximum atomic E-state index is 13.5. The van der Waals surface area contributed by atoms with Crippen LogP contribution in [0.2, 0.25) is 0 Å². The molecule has 124 valence electrons. The molecule has 24 heavy (non-hydrogen) atoms. The number of hydrogen-bond donors (Lipinski definition) is 1. The van der Waals surface area contributed by atoms with Crippen molar-refractivity contribution in [3.63, 3.8) is 0 Å². The third-order valence-corrected chi connectivity index (χ3v) is 4.36. The molecule has 0 aliphatic carbocycles. The second-order valence-corrected chi connectivity index (χ2v) is 6.27. The van der Waals surface area contributed by atoms with Gasteiger partial charge in [0.2, 0.25) is 0 Å². The first-order chi connectivity index (χ1) is 11.4. The Labute approximate surface area is 140 Å². The van der Waals surface area contributed by atoms with E-state index in [1.54, 1.807) is 6.21 Å². The SMILES string of the molecule is CN1/C(=C\C=N\Nc2ccc(F)cc2F)C(C)(C)c2ccccc21. The zero-order valence-corrected chi connectivity index (χ0v) is 13.8. The van der Waals surface area contributed by atoms with E-state index in [4.69, 9.17) is 0 Å². The summed E-state index contributed by atoms with van der Waals surface area (Å²) in [5.74, 6) is -1.29. The van der Waals surface area contributed by atoms with Crippen LogP contribution >= 0.6 is 0 Å². The van der Waals surface area contributed by atoms with Crippen molar-refractivity contribution >= 4 is 17.6 Å². The number of hydrazone groups is 1. The average molecular weight is 327 g/mol. The first-order valence-corrected chi connectivity index (χ1v) is 7.69. The highest BCUT2D eigenvalue weighted by Crippen LogP contribution is 2.46. The molecule has 2 aromatic carbocycles. The standard InChI is InChI=1S/C19H19F2N3/c1-19(2)14-6-4-5-7-17(14)24(3)18(19)10-11-22-23-16-9-8-13(20)12-15(16)21/h4-12,23H,1-3H3/b18-10-,22-11+. The topological polar surface area (TPSA) is 27.6 Å². The van der Waals surface area contributed by atoms with Crippen LogP contribution < -0.4 is 10.3 Å². The lowest BCUT2D eigenvalue weighted by Crippen LogP contribution is -2.23. The molecule has 0 radical (unpaired) electrons. The molecule has 0 bridgehead atoms. The van der Waals surface area contributed by atoms with Crippen LogP contribution in [0.4, 0.5) is 20.2 Å². The molecule has 1 heterocycles. The second-order valence-electron chi connectivity index (χ2n) is 6.27. The van der Waals surface area contributed by atoms with Crippen molar-refractivity contribution in [3.05, 3.63) is 71.4 Å². The molecule has 1 aliphatic heterocycles. The summed E-state index contributed by atoms with van der Waals surface area (Å²) in [6.07, 6.45) is 3.48. The van der Waals surface area contributed by atoms with E-state index in [9.17, 15) is 8.78 Å². The van der Waals surface area contributed by atoms with Crippen LogP contribution in [0.3, 0.4) is 0 Å². The number of nitrogens with zero attached hydrogens (tertiary/aromatic N) is 2. The first kappa shape index (κ1) is 16.2. The number of allylic oxidation sites excluding steroid dienone is 2. The second kappa shape index (κ2) is 6.07. The van der Waals surface area contributed by atoms with Gasteiger partial charge in [-0.2, -0.15) is 5.10 Å². The van der Waals surface area contributed by atoms with Crippen molar-refractivity contribution in [2.75, 3.05) is 17.4 Å². The number of benzene rings is 2. The molecule has 0 amide bonds. The molecule has 0 aromatic heterocycles. The van der Waals surface area contributed by atoms with Crippen LogP contribution in [-0.2, 0) is 5.41 Å². The summed E-state index contributed by atoms with van der Waals surface area (Å²) in [4.78, 5) is 2.12. The monoisotopic (exact) mass is 327 g/mol. The van der Waals surface area contributed by atoms with Crippen LogP contribution in [0.5, 0.6) is 0 Å². The lowest BCUT2D eigenvalue weighted by atomic mass is 9.84. The minimum Gasteiger partial charge on any atom is -0.347 e. The maximum Gasteiger partial charge on any atom is 0.151 e. The number of para-hydroxylation sites is 1. The Morgan fingerprint density at radius 1 is 1.12 bits per heavy atom. The fraction of sp³-hybridized carbons (Fsp3) is 0.211. The van der Waals surface area contributed by atoms with Gasteiger partial charge in [-0.25, -0.2) is 8.78 Å². The molecular formula is C19H19F2N3. The lowest BCUT2D eigenvalue weighted by Gasteiger charge is -2.23. The predicted molar refractivity (Wildman–Crippen MR) is 94.4 cm³/mol. The summed E-state index contributed by atoms with van der Waals surface area (Å²) >= 11 is 0. The Hall–Kier alpha value is -2.69. The molecule has 1 aliphatic rings. The zero-order valence-electron chi connectivity index (χ0n) is 13.8. The molecule has 3 rings (SSSR count). The Kier molecular flexibility index (Phi) is 4.09. The van der Waals surface area contributed by atoms with Crippen molar-refractivity contribution < 1.29 is 8.78 Å². The molecule has 0 atom stereocenters. The van der Waals surface area contributed by atoms with Crippen molar-refractivity contribution in [2.45, 2.75) is 19.3 Å². The molecule has 5 heteroatoms. The largest absolute Gasteiger partial charge is 0.347 e. The number of fused-ring (bicyclic) bond motifs is 1. The van der Waals surface area contributed by atoms with Crippen LogP contribution in [0.15, 0.2) is 59.3 Å². The molecule has 0 fully saturated rings. The van der Waals surface area contributed by atoms with E-state index in [2.05, 4.69) is 41.4 Å². The molecule has 0 saturated carbocycles. The predicted octanol–water partition coefficient (Wildman–Crippen LogP) is 4.67. The number of hydrogen-bond acceptors (Lipinski definition) is 3. The summed E-state index contributed by atoms with van der Waals surface area (Å²) in [6.45, 7) is 4.31.